The summed E-state index contributed by atoms with van der Waals surface area (Å²) in [6, 6.07) is 7.81. The smallest absolute Gasteiger partial charge is 0.235 e. The van der Waals surface area contributed by atoms with Gasteiger partial charge < -0.3 is 4.90 Å². The lowest BCUT2D eigenvalue weighted by Gasteiger charge is -2.24. The fraction of sp³-hybridized carbons (Fsp3) is 0.462. The molecule has 1 aromatic carbocycles. The first-order valence-corrected chi connectivity index (χ1v) is 6.87. The molecule has 0 aliphatic heterocycles. The number of carbonyl (C=O) groups is 1. The minimum absolute atomic E-state index is 0.123. The summed E-state index contributed by atoms with van der Waals surface area (Å²) in [6.45, 7) is 5.92. The second kappa shape index (κ2) is 6.31. The van der Waals surface area contributed by atoms with Crippen molar-refractivity contribution in [1.82, 2.24) is 4.90 Å². The Morgan fingerprint density at radius 1 is 1.29 bits per heavy atom. The van der Waals surface area contributed by atoms with Crippen molar-refractivity contribution in [3.63, 3.8) is 0 Å². The molecule has 1 atom stereocenters. The molecular weight excluding hydrogens is 254 g/mol. The van der Waals surface area contributed by atoms with Crippen molar-refractivity contribution >= 4 is 29.3 Å². The maximum Gasteiger partial charge on any atom is 0.235 e. The average molecular weight is 272 g/mol. The van der Waals surface area contributed by atoms with E-state index >= 15 is 0 Å². The highest BCUT2D eigenvalue weighted by Gasteiger charge is 2.20. The summed E-state index contributed by atoms with van der Waals surface area (Å²) >= 11 is 7.57. The molecule has 0 saturated heterocycles. The van der Waals surface area contributed by atoms with Gasteiger partial charge in [0.15, 0.2) is 0 Å². The van der Waals surface area contributed by atoms with E-state index in [9.17, 15) is 4.79 Å². The van der Waals surface area contributed by atoms with Gasteiger partial charge in [0.05, 0.1) is 10.3 Å². The summed E-state index contributed by atoms with van der Waals surface area (Å²) in [5.41, 5.74) is 0. The van der Waals surface area contributed by atoms with Gasteiger partial charge in [-0.3, -0.25) is 4.79 Å². The van der Waals surface area contributed by atoms with Crippen LogP contribution in [0.3, 0.4) is 0 Å². The van der Waals surface area contributed by atoms with Crippen LogP contribution in [0.15, 0.2) is 29.2 Å². The maximum absolute atomic E-state index is 12.1. The van der Waals surface area contributed by atoms with E-state index < -0.39 is 0 Å². The van der Waals surface area contributed by atoms with Crippen LogP contribution >= 0.6 is 23.4 Å². The largest absolute Gasteiger partial charge is 0.342 e. The summed E-state index contributed by atoms with van der Waals surface area (Å²) < 4.78 is 0. The molecule has 0 heterocycles. The molecule has 94 valence electrons. The molecule has 0 aliphatic rings. The zero-order valence-corrected chi connectivity index (χ0v) is 12.2. The molecular formula is C13H18ClNOS. The first kappa shape index (κ1) is 14.4. The summed E-state index contributed by atoms with van der Waals surface area (Å²) in [5, 5.41) is 0.576. The molecule has 1 unspecified atom stereocenters. The van der Waals surface area contributed by atoms with Gasteiger partial charge >= 0.3 is 0 Å². The van der Waals surface area contributed by atoms with E-state index in [1.54, 1.807) is 4.90 Å². The van der Waals surface area contributed by atoms with Crippen LogP contribution in [0.2, 0.25) is 5.02 Å². The number of thioether (sulfide) groups is 1. The Balaban J connectivity index is 2.70. The second-order valence-electron chi connectivity index (χ2n) is 4.23. The highest BCUT2D eigenvalue weighted by atomic mass is 35.5. The van der Waals surface area contributed by atoms with Crippen LogP contribution in [0.5, 0.6) is 0 Å². The molecule has 0 fully saturated rings. The van der Waals surface area contributed by atoms with Crippen molar-refractivity contribution in [3.05, 3.63) is 29.3 Å². The van der Waals surface area contributed by atoms with E-state index in [0.29, 0.717) is 5.02 Å². The molecule has 0 bridgehead atoms. The Hall–Kier alpha value is -0.670. The third kappa shape index (κ3) is 3.93. The highest BCUT2D eigenvalue weighted by molar-refractivity contribution is 8.00. The average Bonchev–Trinajstić information content (AvgIpc) is 2.30. The van der Waals surface area contributed by atoms with Crippen molar-refractivity contribution in [2.75, 3.05) is 7.05 Å². The van der Waals surface area contributed by atoms with Crippen LogP contribution in [0, 0.1) is 0 Å². The number of hydrogen-bond acceptors (Lipinski definition) is 2. The van der Waals surface area contributed by atoms with Crippen molar-refractivity contribution in [2.24, 2.45) is 0 Å². The summed E-state index contributed by atoms with van der Waals surface area (Å²) in [4.78, 5) is 14.8. The van der Waals surface area contributed by atoms with Gasteiger partial charge in [-0.05, 0) is 32.9 Å². The Labute approximate surface area is 112 Å². The van der Waals surface area contributed by atoms with Gasteiger partial charge in [0.25, 0.3) is 0 Å². The van der Waals surface area contributed by atoms with E-state index in [4.69, 9.17) is 11.6 Å². The summed E-state index contributed by atoms with van der Waals surface area (Å²) in [6.07, 6.45) is 0. The monoisotopic (exact) mass is 271 g/mol. The fourth-order valence-electron chi connectivity index (χ4n) is 1.32. The number of nitrogens with zero attached hydrogens (tertiary/aromatic N) is 1. The Bertz CT molecular complexity index is 395. The molecule has 2 nitrogen and oxygen atoms in total. The molecule has 0 aliphatic carbocycles. The number of halogens is 1. The van der Waals surface area contributed by atoms with Crippen molar-refractivity contribution in [2.45, 2.75) is 37.0 Å². The number of rotatable bonds is 4. The topological polar surface area (TPSA) is 20.3 Å². The lowest BCUT2D eigenvalue weighted by atomic mass is 10.3. The molecule has 0 aromatic heterocycles. The maximum atomic E-state index is 12.1. The highest BCUT2D eigenvalue weighted by Crippen LogP contribution is 2.30. The van der Waals surface area contributed by atoms with Gasteiger partial charge in [0.2, 0.25) is 5.91 Å². The molecule has 1 rings (SSSR count). The van der Waals surface area contributed by atoms with E-state index in [1.165, 1.54) is 11.8 Å². The number of benzene rings is 1. The van der Waals surface area contributed by atoms with Crippen LogP contribution < -0.4 is 0 Å². The number of amides is 1. The van der Waals surface area contributed by atoms with Crippen LogP contribution in [0.1, 0.15) is 20.8 Å². The van der Waals surface area contributed by atoms with E-state index in [2.05, 4.69) is 0 Å². The van der Waals surface area contributed by atoms with Gasteiger partial charge in [-0.15, -0.1) is 11.8 Å². The van der Waals surface area contributed by atoms with Crippen LogP contribution in [0.25, 0.3) is 0 Å². The minimum atomic E-state index is -0.123. The van der Waals surface area contributed by atoms with Gasteiger partial charge in [0.1, 0.15) is 0 Å². The normalized spacial score (nSPS) is 12.6. The zero-order valence-electron chi connectivity index (χ0n) is 10.6. The van der Waals surface area contributed by atoms with Crippen LogP contribution in [-0.2, 0) is 4.79 Å². The third-order valence-electron chi connectivity index (χ3n) is 2.61. The fourth-order valence-corrected chi connectivity index (χ4v) is 2.58. The molecule has 0 N–H and O–H groups in total. The van der Waals surface area contributed by atoms with E-state index in [0.717, 1.165) is 4.90 Å². The Morgan fingerprint density at radius 3 is 2.41 bits per heavy atom. The first-order valence-electron chi connectivity index (χ1n) is 5.61. The molecule has 4 heteroatoms. The molecule has 1 amide bonds. The number of hydrogen-bond donors (Lipinski definition) is 0. The molecule has 1 aromatic rings. The predicted molar refractivity (Wildman–Crippen MR) is 74.7 cm³/mol. The van der Waals surface area contributed by atoms with Crippen molar-refractivity contribution in [3.8, 4) is 0 Å². The van der Waals surface area contributed by atoms with Crippen molar-refractivity contribution < 1.29 is 4.79 Å². The standard InChI is InChI=1S/C13H18ClNOS/c1-9(2)15(4)13(16)10(3)17-12-8-6-5-7-11(12)14/h5-10H,1-4H3. The third-order valence-corrected chi connectivity index (χ3v) is 4.22. The van der Waals surface area contributed by atoms with Gasteiger partial charge in [-0.1, -0.05) is 23.7 Å². The molecule has 0 saturated carbocycles. The van der Waals surface area contributed by atoms with E-state index in [1.807, 2.05) is 52.1 Å². The Morgan fingerprint density at radius 2 is 1.88 bits per heavy atom. The second-order valence-corrected chi connectivity index (χ2v) is 6.02. The lowest BCUT2D eigenvalue weighted by molar-refractivity contribution is -0.130. The molecule has 0 spiro atoms. The van der Waals surface area contributed by atoms with Crippen LogP contribution in [-0.4, -0.2) is 29.1 Å². The minimum Gasteiger partial charge on any atom is -0.342 e. The molecule has 17 heavy (non-hydrogen) atoms. The van der Waals surface area contributed by atoms with Crippen LogP contribution in [0.4, 0.5) is 0 Å². The SMILES string of the molecule is CC(Sc1ccccc1Cl)C(=O)N(C)C(C)C. The van der Waals surface area contributed by atoms with Crippen molar-refractivity contribution in [1.29, 1.82) is 0 Å². The van der Waals surface area contributed by atoms with Gasteiger partial charge in [0, 0.05) is 18.0 Å². The molecule has 0 radical (unpaired) electrons. The first-order chi connectivity index (χ1) is 7.93. The zero-order chi connectivity index (χ0) is 13.0. The number of carbonyl (C=O) groups excluding carboxylic acids is 1. The predicted octanol–water partition coefficient (Wildman–Crippen LogP) is 3.69. The lowest BCUT2D eigenvalue weighted by Crippen LogP contribution is -2.38. The quantitative estimate of drug-likeness (QED) is 0.779. The Kier molecular flexibility index (Phi) is 5.34. The van der Waals surface area contributed by atoms with Gasteiger partial charge in [-0.25, -0.2) is 0 Å². The summed E-state index contributed by atoms with van der Waals surface area (Å²) in [5.74, 6) is 0.130. The van der Waals surface area contributed by atoms with Gasteiger partial charge in [-0.2, -0.15) is 0 Å². The van der Waals surface area contributed by atoms with E-state index in [-0.39, 0.29) is 17.2 Å². The summed E-state index contributed by atoms with van der Waals surface area (Å²) in [7, 11) is 1.83.